The van der Waals surface area contributed by atoms with Crippen LogP contribution >= 0.6 is 0 Å². The van der Waals surface area contributed by atoms with Crippen molar-refractivity contribution < 1.29 is 14.9 Å². The van der Waals surface area contributed by atoms with Crippen LogP contribution in [0.3, 0.4) is 0 Å². The van der Waals surface area contributed by atoms with Gasteiger partial charge in [-0.25, -0.2) is 0 Å². The smallest absolute Gasteiger partial charge is 0.115 e. The Kier molecular flexibility index (Phi) is 3.14. The van der Waals surface area contributed by atoms with Crippen molar-refractivity contribution in [3.63, 3.8) is 0 Å². The molecule has 20 heavy (non-hydrogen) atoms. The third-order valence-electron chi connectivity index (χ3n) is 4.28. The first kappa shape index (κ1) is 13.0. The summed E-state index contributed by atoms with van der Waals surface area (Å²) in [5.41, 5.74) is 1.89. The fourth-order valence-electron chi connectivity index (χ4n) is 2.92. The molecule has 2 aromatic rings. The molecular weight excluding hydrogens is 252 g/mol. The number of phenols is 2. The minimum absolute atomic E-state index is 0.182. The van der Waals surface area contributed by atoms with Crippen molar-refractivity contribution in [3.8, 4) is 11.5 Å². The highest BCUT2D eigenvalue weighted by Gasteiger charge is 2.45. The van der Waals surface area contributed by atoms with Gasteiger partial charge < -0.3 is 14.9 Å². The van der Waals surface area contributed by atoms with Gasteiger partial charge in [-0.2, -0.15) is 0 Å². The predicted octanol–water partition coefficient (Wildman–Crippen LogP) is 3.52. The summed E-state index contributed by atoms with van der Waals surface area (Å²) in [7, 11) is 0. The largest absolute Gasteiger partial charge is 0.508 e. The molecule has 2 atom stereocenters. The molecule has 0 aliphatic carbocycles. The summed E-state index contributed by atoms with van der Waals surface area (Å²) in [6.07, 6.45) is 0.958. The van der Waals surface area contributed by atoms with E-state index >= 15 is 0 Å². The number of hydrogen-bond acceptors (Lipinski definition) is 3. The van der Waals surface area contributed by atoms with Crippen LogP contribution in [0.2, 0.25) is 0 Å². The normalized spacial score (nSPS) is 23.1. The predicted molar refractivity (Wildman–Crippen MR) is 76.9 cm³/mol. The summed E-state index contributed by atoms with van der Waals surface area (Å²) < 4.78 is 5.95. The molecule has 2 aromatic carbocycles. The van der Waals surface area contributed by atoms with Gasteiger partial charge in [0, 0.05) is 12.3 Å². The van der Waals surface area contributed by atoms with E-state index in [4.69, 9.17) is 4.74 Å². The molecule has 0 radical (unpaired) electrons. The van der Waals surface area contributed by atoms with Crippen molar-refractivity contribution in [2.45, 2.75) is 24.9 Å². The number of rotatable bonds is 3. The van der Waals surface area contributed by atoms with Gasteiger partial charge in [-0.05, 0) is 35.4 Å². The second kappa shape index (κ2) is 4.84. The molecule has 2 N–H and O–H groups in total. The molecule has 1 aliphatic rings. The first-order valence-corrected chi connectivity index (χ1v) is 6.84. The third-order valence-corrected chi connectivity index (χ3v) is 4.28. The highest BCUT2D eigenvalue weighted by molar-refractivity contribution is 5.37. The van der Waals surface area contributed by atoms with E-state index in [9.17, 15) is 10.2 Å². The topological polar surface area (TPSA) is 49.7 Å². The lowest BCUT2D eigenvalue weighted by Gasteiger charge is -2.47. The summed E-state index contributed by atoms with van der Waals surface area (Å²) in [4.78, 5) is 0. The molecular formula is C17H18O3. The van der Waals surface area contributed by atoms with E-state index < -0.39 is 0 Å². The molecule has 1 saturated heterocycles. The first-order valence-electron chi connectivity index (χ1n) is 6.84. The fourth-order valence-corrected chi connectivity index (χ4v) is 2.92. The van der Waals surface area contributed by atoms with Gasteiger partial charge in [-0.15, -0.1) is 0 Å². The molecule has 0 spiro atoms. The van der Waals surface area contributed by atoms with Crippen LogP contribution in [-0.4, -0.2) is 16.8 Å². The van der Waals surface area contributed by atoms with Crippen molar-refractivity contribution in [3.05, 3.63) is 59.7 Å². The minimum Gasteiger partial charge on any atom is -0.508 e. The molecule has 3 heteroatoms. The third kappa shape index (κ3) is 2.04. The Hall–Kier alpha value is -2.00. The van der Waals surface area contributed by atoms with Crippen molar-refractivity contribution in [2.24, 2.45) is 0 Å². The highest BCUT2D eigenvalue weighted by atomic mass is 16.5. The van der Waals surface area contributed by atoms with E-state index in [0.717, 1.165) is 24.2 Å². The second-order valence-corrected chi connectivity index (χ2v) is 5.35. The Morgan fingerprint density at radius 1 is 0.950 bits per heavy atom. The van der Waals surface area contributed by atoms with Crippen LogP contribution in [0.15, 0.2) is 48.5 Å². The van der Waals surface area contributed by atoms with Crippen LogP contribution in [0.5, 0.6) is 11.5 Å². The van der Waals surface area contributed by atoms with Crippen molar-refractivity contribution >= 4 is 0 Å². The van der Waals surface area contributed by atoms with Crippen LogP contribution in [0, 0.1) is 0 Å². The Morgan fingerprint density at radius 2 is 1.45 bits per heavy atom. The summed E-state index contributed by atoms with van der Waals surface area (Å²) in [5.74, 6) is 0.719. The molecule has 1 heterocycles. The summed E-state index contributed by atoms with van der Waals surface area (Å²) in [5, 5.41) is 18.8. The SMILES string of the molecule is CC(c1ccc(O)cc1)C1(c2ccc(O)cc2)CCO1. The maximum absolute atomic E-state index is 9.43. The van der Waals surface area contributed by atoms with Crippen LogP contribution in [-0.2, 0) is 10.3 Å². The van der Waals surface area contributed by atoms with E-state index in [-0.39, 0.29) is 23.0 Å². The van der Waals surface area contributed by atoms with Crippen molar-refractivity contribution in [2.75, 3.05) is 6.61 Å². The number of ether oxygens (including phenoxy) is 1. The molecule has 3 nitrogen and oxygen atoms in total. The number of benzene rings is 2. The standard InChI is InChI=1S/C17H18O3/c1-12(13-2-6-15(18)7-3-13)17(10-11-20-17)14-4-8-16(19)9-5-14/h2-9,12,18-19H,10-11H2,1H3. The van der Waals surface area contributed by atoms with Crippen molar-refractivity contribution in [1.29, 1.82) is 0 Å². The average Bonchev–Trinajstić information content (AvgIpc) is 2.40. The van der Waals surface area contributed by atoms with Gasteiger partial charge in [0.25, 0.3) is 0 Å². The van der Waals surface area contributed by atoms with Crippen LogP contribution in [0.1, 0.15) is 30.4 Å². The Morgan fingerprint density at radius 3 is 1.90 bits per heavy atom. The molecule has 0 amide bonds. The lowest BCUT2D eigenvalue weighted by Crippen LogP contribution is -2.45. The molecule has 2 unspecified atom stereocenters. The summed E-state index contributed by atoms with van der Waals surface area (Å²) >= 11 is 0. The summed E-state index contributed by atoms with van der Waals surface area (Å²) in [6.45, 7) is 2.89. The van der Waals surface area contributed by atoms with Gasteiger partial charge in [0.1, 0.15) is 17.1 Å². The Bertz CT molecular complexity index is 583. The fraction of sp³-hybridized carbons (Fsp3) is 0.294. The summed E-state index contributed by atoms with van der Waals surface area (Å²) in [6, 6.07) is 14.5. The van der Waals surface area contributed by atoms with Gasteiger partial charge in [0.2, 0.25) is 0 Å². The maximum Gasteiger partial charge on any atom is 0.115 e. The van der Waals surface area contributed by atoms with E-state index in [1.165, 1.54) is 0 Å². The molecule has 3 rings (SSSR count). The van der Waals surface area contributed by atoms with Crippen LogP contribution in [0.4, 0.5) is 0 Å². The number of hydrogen-bond donors (Lipinski definition) is 2. The molecule has 0 aromatic heterocycles. The highest BCUT2D eigenvalue weighted by Crippen LogP contribution is 2.48. The molecule has 104 valence electrons. The van der Waals surface area contributed by atoms with E-state index in [1.807, 2.05) is 24.3 Å². The van der Waals surface area contributed by atoms with Crippen LogP contribution in [0.25, 0.3) is 0 Å². The van der Waals surface area contributed by atoms with Gasteiger partial charge in [-0.1, -0.05) is 31.2 Å². The quantitative estimate of drug-likeness (QED) is 0.897. The minimum atomic E-state index is -0.329. The first-order chi connectivity index (χ1) is 9.62. The molecule has 1 aliphatic heterocycles. The Balaban J connectivity index is 1.96. The monoisotopic (exact) mass is 270 g/mol. The second-order valence-electron chi connectivity index (χ2n) is 5.35. The van der Waals surface area contributed by atoms with E-state index in [2.05, 4.69) is 6.92 Å². The zero-order valence-corrected chi connectivity index (χ0v) is 11.4. The average molecular weight is 270 g/mol. The number of phenolic OH excluding ortho intramolecular Hbond substituents is 2. The van der Waals surface area contributed by atoms with Crippen LogP contribution < -0.4 is 0 Å². The molecule has 0 bridgehead atoms. The van der Waals surface area contributed by atoms with Crippen molar-refractivity contribution in [1.82, 2.24) is 0 Å². The Labute approximate surface area is 118 Å². The van der Waals surface area contributed by atoms with E-state index in [0.29, 0.717) is 0 Å². The lowest BCUT2D eigenvalue weighted by molar-refractivity contribution is -0.168. The van der Waals surface area contributed by atoms with Gasteiger partial charge in [0.15, 0.2) is 0 Å². The maximum atomic E-state index is 9.43. The van der Waals surface area contributed by atoms with Gasteiger partial charge in [0.05, 0.1) is 6.61 Å². The van der Waals surface area contributed by atoms with Gasteiger partial charge in [-0.3, -0.25) is 0 Å². The molecule has 0 saturated carbocycles. The van der Waals surface area contributed by atoms with Gasteiger partial charge >= 0.3 is 0 Å². The number of aromatic hydroxyl groups is 2. The van der Waals surface area contributed by atoms with E-state index in [1.54, 1.807) is 24.3 Å². The zero-order valence-electron chi connectivity index (χ0n) is 11.4. The molecule has 1 fully saturated rings. The lowest BCUT2D eigenvalue weighted by atomic mass is 9.73. The zero-order chi connectivity index (χ0) is 14.2.